The van der Waals surface area contributed by atoms with Crippen LogP contribution in [0.1, 0.15) is 22.3 Å². The van der Waals surface area contributed by atoms with E-state index in [9.17, 15) is 25.2 Å². The summed E-state index contributed by atoms with van der Waals surface area (Å²) in [6.45, 7) is 0. The molecule has 1 aromatic rings. The molecule has 0 saturated heterocycles. The molecule has 10 heteroatoms. The SMILES string of the molecule is CN(C)c1ccc2ccc(C(=C3C=Cc4ccc(=[N+](C)C)ccc43)c3ccc4ccc(N(C)C)ccc3-4)c-2cc1.F[P-](F)(F)(F)(F)F. The Morgan fingerprint density at radius 2 is 0.915 bits per heavy atom. The molecule has 0 saturated carbocycles. The number of hydrogen-bond donors (Lipinski definition) is 0. The Kier molecular flexibility index (Phi) is 8.30. The summed E-state index contributed by atoms with van der Waals surface area (Å²) in [5.74, 6) is 0. The van der Waals surface area contributed by atoms with Crippen molar-refractivity contribution in [2.45, 2.75) is 0 Å². The van der Waals surface area contributed by atoms with Crippen molar-refractivity contribution in [3.8, 4) is 22.3 Å². The zero-order valence-corrected chi connectivity index (χ0v) is 27.8. The minimum absolute atomic E-state index is 1.19. The molecule has 0 spiro atoms. The van der Waals surface area contributed by atoms with Crippen LogP contribution in [-0.4, -0.2) is 42.3 Å². The predicted octanol–water partition coefficient (Wildman–Crippen LogP) is 10.4. The van der Waals surface area contributed by atoms with Crippen LogP contribution < -0.4 is 19.7 Å². The van der Waals surface area contributed by atoms with Gasteiger partial charge in [0, 0.05) is 51.7 Å². The summed E-state index contributed by atoms with van der Waals surface area (Å²) < 4.78 is 61.4. The Balaban J connectivity index is 0.000000559. The molecule has 0 unspecified atom stereocenters. The van der Waals surface area contributed by atoms with Crippen LogP contribution in [0.4, 0.5) is 36.6 Å². The molecule has 0 amide bonds. The second-order valence-electron chi connectivity index (χ2n) is 12.1. The summed E-state index contributed by atoms with van der Waals surface area (Å²) in [4.78, 5) is 4.31. The topological polar surface area (TPSA) is 9.49 Å². The van der Waals surface area contributed by atoms with Crippen LogP contribution in [0.25, 0.3) is 39.5 Å². The number of allylic oxidation sites excluding steroid dienone is 2. The quantitative estimate of drug-likeness (QED) is 0.107. The molecule has 5 aliphatic rings. The number of anilines is 2. The first-order valence-electron chi connectivity index (χ1n) is 14.8. The van der Waals surface area contributed by atoms with Gasteiger partial charge < -0.3 is 9.80 Å². The maximum atomic E-state index is 9.87. The fraction of sp³-hybridized carbons (Fsp3) is 0.162. The van der Waals surface area contributed by atoms with Crippen molar-refractivity contribution in [3.63, 3.8) is 0 Å². The van der Waals surface area contributed by atoms with Gasteiger partial charge in [0.05, 0.1) is 0 Å². The third-order valence-electron chi connectivity index (χ3n) is 8.01. The molecule has 47 heavy (non-hydrogen) atoms. The van der Waals surface area contributed by atoms with E-state index in [4.69, 9.17) is 0 Å². The Labute approximate surface area is 271 Å². The first-order chi connectivity index (χ1) is 21.8. The second-order valence-corrected chi connectivity index (χ2v) is 14.1. The number of fused-ring (bicyclic) bond motifs is 3. The van der Waals surface area contributed by atoms with Crippen LogP contribution in [-0.2, 0) is 0 Å². The molecule has 6 rings (SSSR count). The maximum absolute atomic E-state index is 10.7. The first kappa shape index (κ1) is 33.7. The van der Waals surface area contributed by atoms with Gasteiger partial charge in [-0.15, -0.1) is 0 Å². The molecule has 0 bridgehead atoms. The van der Waals surface area contributed by atoms with E-state index in [-0.39, 0.29) is 0 Å². The van der Waals surface area contributed by atoms with Crippen LogP contribution in [0, 0.1) is 0 Å². The molecule has 5 aliphatic carbocycles. The van der Waals surface area contributed by atoms with Gasteiger partial charge in [0.2, 0.25) is 0 Å². The van der Waals surface area contributed by atoms with Crippen molar-refractivity contribution in [1.82, 2.24) is 4.58 Å². The van der Waals surface area contributed by atoms with Gasteiger partial charge in [0.15, 0.2) is 5.36 Å². The normalized spacial score (nSPS) is 13.7. The Hall–Kier alpha value is -4.62. The van der Waals surface area contributed by atoms with Crippen LogP contribution >= 0.6 is 7.81 Å². The van der Waals surface area contributed by atoms with Crippen molar-refractivity contribution in [1.29, 1.82) is 0 Å². The third-order valence-corrected chi connectivity index (χ3v) is 8.01. The Bertz CT molecular complexity index is 1960. The van der Waals surface area contributed by atoms with E-state index < -0.39 is 7.81 Å². The monoisotopic (exact) mass is 667 g/mol. The van der Waals surface area contributed by atoms with E-state index in [0.29, 0.717) is 0 Å². The molecule has 0 fully saturated rings. The Morgan fingerprint density at radius 3 is 1.36 bits per heavy atom. The van der Waals surface area contributed by atoms with Crippen LogP contribution in [0.2, 0.25) is 0 Å². The van der Waals surface area contributed by atoms with Crippen molar-refractivity contribution < 1.29 is 25.2 Å². The first-order valence-corrected chi connectivity index (χ1v) is 16.8. The predicted molar refractivity (Wildman–Crippen MR) is 187 cm³/mol. The zero-order chi connectivity index (χ0) is 34.4. The summed E-state index contributed by atoms with van der Waals surface area (Å²) in [5.41, 5.74) is 14.9. The van der Waals surface area contributed by atoms with Gasteiger partial charge in [-0.25, -0.2) is 4.58 Å². The van der Waals surface area contributed by atoms with Gasteiger partial charge in [0.1, 0.15) is 14.1 Å². The average Bonchev–Trinajstić information content (AvgIpc) is 3.48. The van der Waals surface area contributed by atoms with E-state index in [1.54, 1.807) is 0 Å². The van der Waals surface area contributed by atoms with Crippen LogP contribution in [0.3, 0.4) is 0 Å². The molecule has 0 atom stereocenters. The molecule has 0 heterocycles. The van der Waals surface area contributed by atoms with Crippen LogP contribution in [0.15, 0.2) is 103 Å². The summed E-state index contributed by atoms with van der Waals surface area (Å²) >= 11 is 0. The molecule has 1 aromatic carbocycles. The van der Waals surface area contributed by atoms with Crippen molar-refractivity contribution in [3.05, 3.63) is 131 Å². The summed E-state index contributed by atoms with van der Waals surface area (Å²) in [6.07, 6.45) is 4.56. The van der Waals surface area contributed by atoms with Crippen LogP contribution in [0.5, 0.6) is 0 Å². The number of hydrogen-bond acceptors (Lipinski definition) is 2. The molecule has 0 N–H and O–H groups in total. The fourth-order valence-corrected chi connectivity index (χ4v) is 5.70. The van der Waals surface area contributed by atoms with Gasteiger partial charge >= 0.3 is 33.0 Å². The minimum atomic E-state index is -10.7. The van der Waals surface area contributed by atoms with E-state index in [1.807, 2.05) is 0 Å². The van der Waals surface area contributed by atoms with E-state index in [1.165, 1.54) is 72.4 Å². The van der Waals surface area contributed by atoms with Gasteiger partial charge in [-0.3, -0.25) is 0 Å². The van der Waals surface area contributed by atoms with Gasteiger partial charge in [-0.1, -0.05) is 60.7 Å². The summed E-state index contributed by atoms with van der Waals surface area (Å²) in [5, 5.41) is 1.19. The molecule has 0 radical (unpaired) electrons. The number of halogens is 6. The fourth-order valence-electron chi connectivity index (χ4n) is 5.70. The Morgan fingerprint density at radius 1 is 0.511 bits per heavy atom. The molecular formula is C37H36F6N3P. The number of nitrogens with zero attached hydrogens (tertiary/aromatic N) is 3. The van der Waals surface area contributed by atoms with E-state index >= 15 is 0 Å². The number of rotatable bonds is 4. The van der Waals surface area contributed by atoms with Crippen molar-refractivity contribution in [2.24, 2.45) is 0 Å². The van der Waals surface area contributed by atoms with E-state index in [0.717, 1.165) is 0 Å². The standard InChI is InChI=1S/C37H36N3.F6P/c1-38(2)28-13-7-25-10-19-34(31(25)22-16-28)37(35-20-11-26-8-14-29(39(3)4)17-23-32(26)35)36-21-12-27-9-15-30(40(5)6)18-24-33(27)36;1-7(2,3,4,5)6/h7-24H,1-6H3;/q+1;-1. The van der Waals surface area contributed by atoms with Gasteiger partial charge in [0.25, 0.3) is 0 Å². The molecular weight excluding hydrogens is 631 g/mol. The van der Waals surface area contributed by atoms with Crippen molar-refractivity contribution >= 4 is 36.4 Å². The van der Waals surface area contributed by atoms with Gasteiger partial charge in [-0.2, -0.15) is 0 Å². The molecule has 0 aliphatic heterocycles. The molecule has 0 aromatic heterocycles. The van der Waals surface area contributed by atoms with Gasteiger partial charge in [-0.05, 0) is 92.1 Å². The molecule has 3 nitrogen and oxygen atoms in total. The summed E-state index contributed by atoms with van der Waals surface area (Å²) in [6, 6.07) is 36.0. The van der Waals surface area contributed by atoms with E-state index in [2.05, 4.69) is 166 Å². The average molecular weight is 668 g/mol. The second kappa shape index (κ2) is 11.6. The zero-order valence-electron chi connectivity index (χ0n) is 26.9. The summed E-state index contributed by atoms with van der Waals surface area (Å²) in [7, 11) is 1.89. The third kappa shape index (κ3) is 8.22. The molecule has 246 valence electrons. The van der Waals surface area contributed by atoms with Crippen molar-refractivity contribution in [2.75, 3.05) is 52.1 Å².